The summed E-state index contributed by atoms with van der Waals surface area (Å²) in [5, 5.41) is 5.58. The Hall–Kier alpha value is -4.93. The molecule has 5 atom stereocenters. The van der Waals surface area contributed by atoms with Crippen molar-refractivity contribution in [1.82, 2.24) is 19.9 Å². The van der Waals surface area contributed by atoms with Crippen molar-refractivity contribution >= 4 is 33.4 Å². The third-order valence-corrected chi connectivity index (χ3v) is 13.0. The Bertz CT molecular complexity index is 2090. The number of alkyl halides is 3. The van der Waals surface area contributed by atoms with Gasteiger partial charge in [-0.05, 0) is 63.6 Å². The van der Waals surface area contributed by atoms with Crippen molar-refractivity contribution in [3.8, 4) is 17.3 Å². The summed E-state index contributed by atoms with van der Waals surface area (Å²) in [5.41, 5.74) is -1.89. The number of hydrogen-bond donors (Lipinski definition) is 3. The van der Waals surface area contributed by atoms with Gasteiger partial charge in [0.1, 0.15) is 41.5 Å². The molecule has 0 unspecified atom stereocenters. The number of benzene rings is 2. The number of carbonyl (C=O) groups excluding carboxylic acids is 3. The average Bonchev–Trinajstić information content (AvgIpc) is 3.92. The predicted octanol–water partition coefficient (Wildman–Crippen LogP) is 5.72. The van der Waals surface area contributed by atoms with E-state index in [0.29, 0.717) is 50.3 Å². The zero-order chi connectivity index (χ0) is 39.2. The van der Waals surface area contributed by atoms with E-state index >= 15 is 0 Å². The van der Waals surface area contributed by atoms with Crippen LogP contribution in [0.5, 0.6) is 6.08 Å². The molecule has 3 aromatic rings. The normalized spacial score (nSPS) is 26.8. The molecule has 1 aromatic heterocycles. The molecule has 3 amide bonds. The molecule has 294 valence electrons. The number of halogens is 4. The summed E-state index contributed by atoms with van der Waals surface area (Å²) in [6.07, 6.45) is 2.50. The molecule has 3 fully saturated rings. The molecule has 0 bridgehead atoms. The first kappa shape index (κ1) is 38.3. The van der Waals surface area contributed by atoms with Crippen LogP contribution in [0.3, 0.4) is 0 Å². The van der Waals surface area contributed by atoms with Crippen LogP contribution in [-0.2, 0) is 30.6 Å². The average molecular weight is 788 g/mol. The quantitative estimate of drug-likeness (QED) is 0.192. The first-order valence-electron chi connectivity index (χ1n) is 18.2. The van der Waals surface area contributed by atoms with Gasteiger partial charge in [-0.1, -0.05) is 55.3 Å². The second-order valence-electron chi connectivity index (χ2n) is 15.0. The summed E-state index contributed by atoms with van der Waals surface area (Å²) in [6.45, 7) is 1.36. The van der Waals surface area contributed by atoms with Gasteiger partial charge in [-0.3, -0.25) is 19.1 Å². The Kier molecular flexibility index (Phi) is 10.2. The van der Waals surface area contributed by atoms with E-state index in [1.54, 1.807) is 6.08 Å². The fraction of sp³-hybridized carbons (Fsp3) is 0.474. The Labute approximate surface area is 315 Å². The van der Waals surface area contributed by atoms with Crippen LogP contribution in [0.4, 0.5) is 23.2 Å². The summed E-state index contributed by atoms with van der Waals surface area (Å²) in [7, 11) is -4.05. The number of sulfonamides is 1. The molecular weight excluding hydrogens is 747 g/mol. The lowest BCUT2D eigenvalue weighted by molar-refractivity contribution is -0.140. The zero-order valence-corrected chi connectivity index (χ0v) is 30.7. The van der Waals surface area contributed by atoms with Crippen molar-refractivity contribution < 1.29 is 49.5 Å². The van der Waals surface area contributed by atoms with E-state index in [4.69, 9.17) is 9.15 Å². The number of carbonyl (C=O) groups is 3. The van der Waals surface area contributed by atoms with Gasteiger partial charge in [-0.2, -0.15) is 18.2 Å². The van der Waals surface area contributed by atoms with Crippen molar-refractivity contribution in [3.05, 3.63) is 78.3 Å². The first-order valence-corrected chi connectivity index (χ1v) is 19.7. The van der Waals surface area contributed by atoms with E-state index in [9.17, 15) is 40.4 Å². The van der Waals surface area contributed by atoms with E-state index in [2.05, 4.69) is 20.3 Å². The van der Waals surface area contributed by atoms with Gasteiger partial charge in [0, 0.05) is 23.6 Å². The summed E-state index contributed by atoms with van der Waals surface area (Å²) >= 11 is 0. The SMILES string of the molecule is CC1(S(=O)(=O)NC(=O)[C@@]23C[C@H]2C=CCCCCC[C@H](Nc2cc(F)cc(C(F)(F)F)c2)C(=O)N2C[C@H](Oc4nc(-c5ccccc5)co4)C[C@H]2C(=O)N3)CC1. The second-order valence-corrected chi connectivity index (χ2v) is 17.2. The highest BCUT2D eigenvalue weighted by atomic mass is 32.2. The van der Waals surface area contributed by atoms with E-state index in [1.165, 1.54) is 18.1 Å². The first-order chi connectivity index (χ1) is 26.1. The number of anilines is 1. The number of aromatic nitrogens is 1. The van der Waals surface area contributed by atoms with Gasteiger partial charge >= 0.3 is 12.3 Å². The number of ether oxygens (including phenoxy) is 1. The van der Waals surface area contributed by atoms with Crippen LogP contribution in [0.1, 0.15) is 70.3 Å². The number of hydrogen-bond acceptors (Lipinski definition) is 9. The number of amides is 3. The summed E-state index contributed by atoms with van der Waals surface area (Å²) in [4.78, 5) is 48.2. The molecule has 3 heterocycles. The molecule has 1 saturated heterocycles. The number of oxazole rings is 1. The van der Waals surface area contributed by atoms with Crippen LogP contribution in [0.15, 0.2) is 71.4 Å². The van der Waals surface area contributed by atoms with Crippen LogP contribution < -0.4 is 20.1 Å². The smallest absolute Gasteiger partial charge is 0.416 e. The van der Waals surface area contributed by atoms with Gasteiger partial charge in [0.2, 0.25) is 21.8 Å². The molecule has 2 aromatic carbocycles. The molecule has 2 aliphatic heterocycles. The topological polar surface area (TPSA) is 160 Å². The minimum Gasteiger partial charge on any atom is -0.445 e. The van der Waals surface area contributed by atoms with Crippen molar-refractivity contribution in [2.45, 2.75) is 99.4 Å². The maximum Gasteiger partial charge on any atom is 0.416 e. The molecule has 2 aliphatic carbocycles. The van der Waals surface area contributed by atoms with Crippen molar-refractivity contribution in [2.24, 2.45) is 5.92 Å². The van der Waals surface area contributed by atoms with Gasteiger partial charge in [-0.15, -0.1) is 0 Å². The fourth-order valence-corrected chi connectivity index (χ4v) is 8.49. The van der Waals surface area contributed by atoms with E-state index in [1.807, 2.05) is 36.4 Å². The third kappa shape index (κ3) is 8.21. The van der Waals surface area contributed by atoms with Crippen molar-refractivity contribution in [2.75, 3.05) is 11.9 Å². The van der Waals surface area contributed by atoms with E-state index in [0.717, 1.165) is 17.7 Å². The van der Waals surface area contributed by atoms with Gasteiger partial charge in [0.25, 0.3) is 5.91 Å². The summed E-state index contributed by atoms with van der Waals surface area (Å²) in [6, 6.07) is 8.63. The lowest BCUT2D eigenvalue weighted by atomic mass is 10.0. The molecule has 3 N–H and O–H groups in total. The lowest BCUT2D eigenvalue weighted by Crippen LogP contribution is -2.58. The number of nitrogens with one attached hydrogen (secondary N) is 3. The van der Waals surface area contributed by atoms with Gasteiger partial charge in [0.15, 0.2) is 0 Å². The minimum absolute atomic E-state index is 0.0971. The van der Waals surface area contributed by atoms with Crippen LogP contribution in [-0.4, -0.2) is 71.0 Å². The number of rotatable bonds is 8. The fourth-order valence-electron chi connectivity index (χ4n) is 7.18. The van der Waals surface area contributed by atoms with Crippen LogP contribution >= 0.6 is 0 Å². The van der Waals surface area contributed by atoms with Gasteiger partial charge in [0.05, 0.1) is 16.9 Å². The molecule has 55 heavy (non-hydrogen) atoms. The molecule has 0 radical (unpaired) electrons. The Balaban J connectivity index is 1.19. The van der Waals surface area contributed by atoms with Crippen LogP contribution in [0.25, 0.3) is 11.3 Å². The van der Waals surface area contributed by atoms with E-state index in [-0.39, 0.29) is 37.6 Å². The molecule has 2 saturated carbocycles. The Morgan fingerprint density at radius 2 is 1.85 bits per heavy atom. The monoisotopic (exact) mass is 787 g/mol. The van der Waals surface area contributed by atoms with Crippen LogP contribution in [0.2, 0.25) is 0 Å². The highest BCUT2D eigenvalue weighted by Crippen LogP contribution is 2.47. The van der Waals surface area contributed by atoms with Crippen molar-refractivity contribution in [1.29, 1.82) is 0 Å². The van der Waals surface area contributed by atoms with Gasteiger partial charge in [-0.25, -0.2) is 12.8 Å². The summed E-state index contributed by atoms with van der Waals surface area (Å²) < 4.78 is 94.2. The van der Waals surface area contributed by atoms with Crippen LogP contribution in [0, 0.1) is 11.7 Å². The Morgan fingerprint density at radius 3 is 2.58 bits per heavy atom. The van der Waals surface area contributed by atoms with E-state index < -0.39 is 79.7 Å². The number of fused-ring (bicyclic) bond motifs is 2. The summed E-state index contributed by atoms with van der Waals surface area (Å²) in [5.74, 6) is -3.96. The molecule has 12 nitrogen and oxygen atoms in total. The largest absolute Gasteiger partial charge is 0.445 e. The molecule has 4 aliphatic rings. The predicted molar refractivity (Wildman–Crippen MR) is 191 cm³/mol. The molecule has 17 heteroatoms. The maximum atomic E-state index is 14.5. The number of allylic oxidation sites excluding steroid dienone is 1. The molecule has 0 spiro atoms. The third-order valence-electron chi connectivity index (χ3n) is 10.9. The highest BCUT2D eigenvalue weighted by Gasteiger charge is 2.63. The number of nitrogens with zero attached hydrogens (tertiary/aromatic N) is 2. The second kappa shape index (κ2) is 14.6. The zero-order valence-electron chi connectivity index (χ0n) is 29.9. The van der Waals surface area contributed by atoms with Gasteiger partial charge < -0.3 is 24.7 Å². The Morgan fingerprint density at radius 1 is 1.09 bits per heavy atom. The standard InChI is InChI=1S/C38H41F4N5O7S/c1-36(14-15-36)55(51,52)46-34(50)37-20-24(37)12-8-3-2-4-9-13-29(43-27-17-25(38(40,41)42)16-26(39)18-27)33(49)47-21-28(19-31(47)32(48)45-37)54-35-44-30(22-53-35)23-10-6-5-7-11-23/h5-8,10-12,16-18,22,24,28-29,31,43H,2-4,9,13-15,19-21H2,1H3,(H,45,48)(H,46,50)/t24-,28-,29+,31+,37-/m1/s1. The maximum absolute atomic E-state index is 14.5. The minimum atomic E-state index is -4.85. The molecule has 7 rings (SSSR count). The highest BCUT2D eigenvalue weighted by molar-refractivity contribution is 7.91. The lowest BCUT2D eigenvalue weighted by Gasteiger charge is -2.30. The molecular formula is C38H41F4N5O7S. The van der Waals surface area contributed by atoms with Crippen molar-refractivity contribution in [3.63, 3.8) is 0 Å².